The molecule has 2 rings (SSSR count). The first-order valence-electron chi connectivity index (χ1n) is 8.47. The Hall–Kier alpha value is -3.16. The molecule has 0 unspecified atom stereocenters. The van der Waals surface area contributed by atoms with E-state index < -0.39 is 22.0 Å². The number of rotatable bonds is 8. The maximum atomic E-state index is 11.6. The number of anilines is 1. The summed E-state index contributed by atoms with van der Waals surface area (Å²) in [6.45, 7) is 6.28. The molecule has 0 radical (unpaired) electrons. The zero-order chi connectivity index (χ0) is 19.1. The van der Waals surface area contributed by atoms with Crippen molar-refractivity contribution in [3.63, 3.8) is 0 Å². The van der Waals surface area contributed by atoms with Crippen LogP contribution in [0.25, 0.3) is 12.2 Å². The number of nitrogens with one attached hydrogen (secondary N) is 1. The molecule has 0 saturated heterocycles. The van der Waals surface area contributed by atoms with Crippen molar-refractivity contribution in [2.24, 2.45) is 0 Å². The Morgan fingerprint density at radius 3 is 2.31 bits per heavy atom. The summed E-state index contributed by atoms with van der Waals surface area (Å²) in [4.78, 5) is 29.5. The first-order chi connectivity index (χ1) is 12.5. The van der Waals surface area contributed by atoms with Gasteiger partial charge in [0.1, 0.15) is 5.82 Å². The van der Waals surface area contributed by atoms with Gasteiger partial charge in [0, 0.05) is 18.8 Å². The predicted octanol–water partition coefficient (Wildman–Crippen LogP) is 3.18. The highest BCUT2D eigenvalue weighted by atomic mass is 16.6. The predicted molar refractivity (Wildman–Crippen MR) is 101 cm³/mol. The van der Waals surface area contributed by atoms with Crippen LogP contribution < -0.4 is 10.5 Å². The van der Waals surface area contributed by atoms with Gasteiger partial charge >= 0.3 is 11.2 Å². The number of H-pyrrole nitrogens is 1. The SMILES string of the molecule is CCCN(CCC)c1ccc(C=Cc2nc(O)c([N+](=O)[O-])c(=O)[nH]2)cc1. The molecule has 8 heteroatoms. The number of hydrogen-bond donors (Lipinski definition) is 2. The molecule has 0 atom stereocenters. The summed E-state index contributed by atoms with van der Waals surface area (Å²) in [5.41, 5.74) is 0.0678. The van der Waals surface area contributed by atoms with Gasteiger partial charge < -0.3 is 15.0 Å². The van der Waals surface area contributed by atoms with Gasteiger partial charge in [0.05, 0.1) is 4.92 Å². The molecule has 26 heavy (non-hydrogen) atoms. The first-order valence-corrected chi connectivity index (χ1v) is 8.47. The molecule has 0 aliphatic carbocycles. The molecular weight excluding hydrogens is 336 g/mol. The van der Waals surface area contributed by atoms with Crippen LogP contribution in [0.4, 0.5) is 11.4 Å². The van der Waals surface area contributed by atoms with E-state index in [2.05, 4.69) is 28.7 Å². The van der Waals surface area contributed by atoms with Gasteiger partial charge in [-0.15, -0.1) is 0 Å². The van der Waals surface area contributed by atoms with E-state index in [1.807, 2.05) is 24.3 Å². The molecule has 1 aromatic carbocycles. The van der Waals surface area contributed by atoms with Gasteiger partial charge in [-0.2, -0.15) is 4.98 Å². The second kappa shape index (κ2) is 8.80. The summed E-state index contributed by atoms with van der Waals surface area (Å²) in [5, 5.41) is 20.2. The van der Waals surface area contributed by atoms with Crippen LogP contribution in [0.2, 0.25) is 0 Å². The normalized spacial score (nSPS) is 11.0. The monoisotopic (exact) mass is 358 g/mol. The Labute approximate surface area is 151 Å². The van der Waals surface area contributed by atoms with Gasteiger partial charge in [-0.25, -0.2) is 0 Å². The summed E-state index contributed by atoms with van der Waals surface area (Å²) >= 11 is 0. The topological polar surface area (TPSA) is 112 Å². The van der Waals surface area contributed by atoms with Crippen LogP contribution in [0.5, 0.6) is 5.88 Å². The summed E-state index contributed by atoms with van der Waals surface area (Å²) in [7, 11) is 0. The van der Waals surface area contributed by atoms with E-state index in [1.165, 1.54) is 6.08 Å². The Morgan fingerprint density at radius 1 is 1.19 bits per heavy atom. The van der Waals surface area contributed by atoms with Gasteiger partial charge in [-0.05, 0) is 36.6 Å². The Morgan fingerprint density at radius 2 is 1.81 bits per heavy atom. The second-order valence-electron chi connectivity index (χ2n) is 5.79. The first kappa shape index (κ1) is 19.2. The van der Waals surface area contributed by atoms with Crippen LogP contribution in [0.1, 0.15) is 38.1 Å². The highest BCUT2D eigenvalue weighted by molar-refractivity contribution is 5.68. The highest BCUT2D eigenvalue weighted by Gasteiger charge is 2.21. The number of aromatic hydroxyl groups is 1. The smallest absolute Gasteiger partial charge is 0.395 e. The van der Waals surface area contributed by atoms with Crippen LogP contribution in [0.3, 0.4) is 0 Å². The molecule has 0 saturated carbocycles. The molecule has 2 aromatic rings. The summed E-state index contributed by atoms with van der Waals surface area (Å²) in [6, 6.07) is 7.92. The molecule has 1 aromatic heterocycles. The maximum absolute atomic E-state index is 11.6. The molecule has 0 aliphatic rings. The molecular formula is C18H22N4O4. The molecule has 0 amide bonds. The third-order valence-corrected chi connectivity index (χ3v) is 3.76. The third kappa shape index (κ3) is 4.69. The van der Waals surface area contributed by atoms with Gasteiger partial charge in [-0.3, -0.25) is 14.9 Å². The zero-order valence-electron chi connectivity index (χ0n) is 14.8. The maximum Gasteiger partial charge on any atom is 0.395 e. The summed E-state index contributed by atoms with van der Waals surface area (Å²) in [6.07, 6.45) is 5.33. The largest absolute Gasteiger partial charge is 0.488 e. The fourth-order valence-electron chi connectivity index (χ4n) is 2.60. The summed E-state index contributed by atoms with van der Waals surface area (Å²) < 4.78 is 0. The molecule has 0 fully saturated rings. The van der Waals surface area contributed by atoms with E-state index in [1.54, 1.807) is 6.08 Å². The third-order valence-electron chi connectivity index (χ3n) is 3.76. The van der Waals surface area contributed by atoms with Crippen molar-refractivity contribution < 1.29 is 10.0 Å². The number of hydrogen-bond acceptors (Lipinski definition) is 6. The quantitative estimate of drug-likeness (QED) is 0.553. The van der Waals surface area contributed by atoms with Crippen molar-refractivity contribution in [3.8, 4) is 5.88 Å². The van der Waals surface area contributed by atoms with Gasteiger partial charge in [-0.1, -0.05) is 32.1 Å². The highest BCUT2D eigenvalue weighted by Crippen LogP contribution is 2.19. The fourth-order valence-corrected chi connectivity index (χ4v) is 2.60. The van der Waals surface area contributed by atoms with E-state index in [9.17, 15) is 20.0 Å². The minimum atomic E-state index is -0.993. The van der Waals surface area contributed by atoms with Crippen molar-refractivity contribution in [2.45, 2.75) is 26.7 Å². The minimum absolute atomic E-state index is 0.0424. The van der Waals surface area contributed by atoms with Crippen LogP contribution in [-0.2, 0) is 0 Å². The van der Waals surface area contributed by atoms with Gasteiger partial charge in [0.15, 0.2) is 0 Å². The second-order valence-corrected chi connectivity index (χ2v) is 5.79. The van der Waals surface area contributed by atoms with Crippen LogP contribution in [0.15, 0.2) is 29.1 Å². The molecule has 0 aliphatic heterocycles. The Bertz CT molecular complexity index is 837. The van der Waals surface area contributed by atoms with Crippen molar-refractivity contribution >= 4 is 23.5 Å². The zero-order valence-corrected chi connectivity index (χ0v) is 14.8. The van der Waals surface area contributed by atoms with Crippen molar-refractivity contribution in [3.05, 3.63) is 56.1 Å². The molecule has 0 spiro atoms. The lowest BCUT2D eigenvalue weighted by molar-refractivity contribution is -0.387. The van der Waals surface area contributed by atoms with E-state index in [0.29, 0.717) is 0 Å². The Balaban J connectivity index is 2.18. The van der Waals surface area contributed by atoms with E-state index in [-0.39, 0.29) is 5.82 Å². The summed E-state index contributed by atoms with van der Waals surface area (Å²) in [5.74, 6) is -0.857. The van der Waals surface area contributed by atoms with Crippen molar-refractivity contribution in [1.29, 1.82) is 0 Å². The average Bonchev–Trinajstić information content (AvgIpc) is 2.59. The Kier molecular flexibility index (Phi) is 6.48. The fraction of sp³-hybridized carbons (Fsp3) is 0.333. The minimum Gasteiger partial charge on any atom is -0.488 e. The lowest BCUT2D eigenvalue weighted by atomic mass is 10.1. The molecule has 8 nitrogen and oxygen atoms in total. The van der Waals surface area contributed by atoms with Gasteiger partial charge in [0.25, 0.3) is 5.88 Å². The number of nitro groups is 1. The standard InChI is InChI=1S/C18H22N4O4/c1-3-11-21(12-4-2)14-8-5-13(6-9-14)7-10-15-19-17(23)16(22(25)26)18(24)20-15/h5-10H,3-4,11-12H2,1-2H3,(H2,19,20,23,24). The van der Waals surface area contributed by atoms with E-state index in [0.717, 1.165) is 37.2 Å². The van der Waals surface area contributed by atoms with Crippen molar-refractivity contribution in [1.82, 2.24) is 9.97 Å². The molecule has 0 bridgehead atoms. The number of benzene rings is 1. The molecule has 138 valence electrons. The van der Waals surface area contributed by atoms with Crippen molar-refractivity contribution in [2.75, 3.05) is 18.0 Å². The molecule has 2 N–H and O–H groups in total. The van der Waals surface area contributed by atoms with Gasteiger partial charge in [0.2, 0.25) is 0 Å². The van der Waals surface area contributed by atoms with E-state index >= 15 is 0 Å². The van der Waals surface area contributed by atoms with Crippen LogP contribution in [-0.4, -0.2) is 33.1 Å². The van der Waals surface area contributed by atoms with E-state index in [4.69, 9.17) is 0 Å². The average molecular weight is 358 g/mol. The number of aromatic amines is 1. The van der Waals surface area contributed by atoms with Crippen LogP contribution in [0, 0.1) is 10.1 Å². The number of aromatic nitrogens is 2. The lowest BCUT2D eigenvalue weighted by Crippen LogP contribution is -2.24. The lowest BCUT2D eigenvalue weighted by Gasteiger charge is -2.23. The molecule has 1 heterocycles. The van der Waals surface area contributed by atoms with Crippen LogP contribution >= 0.6 is 0 Å². The number of nitrogens with zero attached hydrogens (tertiary/aromatic N) is 3.